The van der Waals surface area contributed by atoms with Gasteiger partial charge >= 0.3 is 0 Å². The van der Waals surface area contributed by atoms with Gasteiger partial charge in [0.2, 0.25) is 5.91 Å². The fourth-order valence-corrected chi connectivity index (χ4v) is 5.47. The minimum Gasteiger partial charge on any atom is -0.496 e. The Morgan fingerprint density at radius 3 is 2.31 bits per heavy atom. The van der Waals surface area contributed by atoms with Crippen LogP contribution in [0.15, 0.2) is 52.1 Å². The molecule has 0 saturated heterocycles. The summed E-state index contributed by atoms with van der Waals surface area (Å²) in [7, 11) is 1.66. The Morgan fingerprint density at radius 1 is 1.14 bits per heavy atom. The number of methoxy groups -OCH3 is 1. The van der Waals surface area contributed by atoms with E-state index in [4.69, 9.17) is 4.74 Å². The lowest BCUT2D eigenvalue weighted by Gasteiger charge is -2.27. The normalized spacial score (nSPS) is 18.7. The molecule has 0 bridgehead atoms. The smallest absolute Gasteiger partial charge is 0.227 e. The maximum atomic E-state index is 12.4. The molecule has 36 heavy (non-hydrogen) atoms. The molecule has 0 heterocycles. The van der Waals surface area contributed by atoms with Gasteiger partial charge in [0.15, 0.2) is 5.78 Å². The maximum absolute atomic E-state index is 12.4. The number of hydrogen-bond donors (Lipinski definition) is 1. The van der Waals surface area contributed by atoms with Gasteiger partial charge in [0, 0.05) is 27.7 Å². The molecular formula is C31H46BrNO3. The van der Waals surface area contributed by atoms with Crippen LogP contribution in [-0.4, -0.2) is 18.8 Å². The minimum absolute atomic E-state index is 0.117. The number of benzene rings is 1. The molecule has 0 unspecified atom stereocenters. The second kappa shape index (κ2) is 17.3. The highest BCUT2D eigenvalue weighted by Crippen LogP contribution is 2.32. The number of carbonyl (C=O) groups excluding carboxylic acids is 2. The molecule has 0 aromatic heterocycles. The molecule has 1 fully saturated rings. The number of Topliss-reactive ketones (excluding diaryl/α,β-unsaturated/α-hetero) is 1. The van der Waals surface area contributed by atoms with E-state index in [2.05, 4.69) is 48.1 Å². The predicted octanol–water partition coefficient (Wildman–Crippen LogP) is 9.10. The van der Waals surface area contributed by atoms with Gasteiger partial charge in [0.1, 0.15) is 5.75 Å². The molecule has 1 aromatic rings. The van der Waals surface area contributed by atoms with E-state index in [1.165, 1.54) is 25.7 Å². The summed E-state index contributed by atoms with van der Waals surface area (Å²) in [6.45, 7) is 11.9. The second-order valence-electron chi connectivity index (χ2n) is 9.44. The highest BCUT2D eigenvalue weighted by molar-refractivity contribution is 9.12. The number of halogens is 1. The third-order valence-corrected chi connectivity index (χ3v) is 7.46. The molecule has 0 aliphatic heterocycles. The monoisotopic (exact) mass is 559 g/mol. The summed E-state index contributed by atoms with van der Waals surface area (Å²) in [6, 6.07) is 5.82. The van der Waals surface area contributed by atoms with Gasteiger partial charge in [0.25, 0.3) is 0 Å². The number of ether oxygens (including phenoxy) is 1. The van der Waals surface area contributed by atoms with E-state index in [-0.39, 0.29) is 17.6 Å². The van der Waals surface area contributed by atoms with Crippen LogP contribution < -0.4 is 10.1 Å². The van der Waals surface area contributed by atoms with Crippen molar-refractivity contribution in [1.29, 1.82) is 0 Å². The van der Waals surface area contributed by atoms with Crippen LogP contribution in [0.1, 0.15) is 91.5 Å². The van der Waals surface area contributed by atoms with Crippen LogP contribution in [0.5, 0.6) is 5.75 Å². The maximum Gasteiger partial charge on any atom is 0.227 e. The van der Waals surface area contributed by atoms with Gasteiger partial charge in [-0.3, -0.25) is 9.59 Å². The zero-order valence-corrected chi connectivity index (χ0v) is 25.0. The van der Waals surface area contributed by atoms with Crippen LogP contribution in [0, 0.1) is 18.8 Å². The summed E-state index contributed by atoms with van der Waals surface area (Å²) in [5.74, 6) is 2.10. The first-order chi connectivity index (χ1) is 17.2. The Labute approximate surface area is 227 Å². The SMILES string of the molecule is CCCC1CCC(C(=O)Nc2ccc(C)c(OC)c2)CC1.C\C=C/C(C(C)=O)=C(CC)\C(Br)=C\CC. The van der Waals surface area contributed by atoms with Crippen molar-refractivity contribution >= 4 is 33.3 Å². The van der Waals surface area contributed by atoms with Crippen molar-refractivity contribution in [3.63, 3.8) is 0 Å². The summed E-state index contributed by atoms with van der Waals surface area (Å²) in [5, 5.41) is 3.04. The molecule has 4 nitrogen and oxygen atoms in total. The second-order valence-corrected chi connectivity index (χ2v) is 10.3. The third-order valence-electron chi connectivity index (χ3n) is 6.65. The van der Waals surface area contributed by atoms with E-state index in [1.54, 1.807) is 14.0 Å². The van der Waals surface area contributed by atoms with E-state index >= 15 is 0 Å². The van der Waals surface area contributed by atoms with Crippen LogP contribution >= 0.6 is 15.9 Å². The summed E-state index contributed by atoms with van der Waals surface area (Å²) < 4.78 is 6.34. The summed E-state index contributed by atoms with van der Waals surface area (Å²) >= 11 is 3.52. The van der Waals surface area contributed by atoms with E-state index in [1.807, 2.05) is 44.2 Å². The van der Waals surface area contributed by atoms with Crippen molar-refractivity contribution < 1.29 is 14.3 Å². The van der Waals surface area contributed by atoms with Crippen LogP contribution in [0.4, 0.5) is 5.69 Å². The van der Waals surface area contributed by atoms with Crippen molar-refractivity contribution in [3.05, 3.63) is 57.6 Å². The van der Waals surface area contributed by atoms with Gasteiger partial charge < -0.3 is 10.1 Å². The Kier molecular flexibility index (Phi) is 15.4. The molecule has 0 spiro atoms. The van der Waals surface area contributed by atoms with Gasteiger partial charge in [-0.1, -0.05) is 73.8 Å². The number of nitrogens with one attached hydrogen (secondary N) is 1. The fraction of sp³-hybridized carbons (Fsp3) is 0.548. The highest BCUT2D eigenvalue weighted by atomic mass is 79.9. The van der Waals surface area contributed by atoms with Gasteiger partial charge in [0.05, 0.1) is 7.11 Å². The molecule has 1 aromatic carbocycles. The van der Waals surface area contributed by atoms with Crippen LogP contribution in [0.3, 0.4) is 0 Å². The molecular weight excluding hydrogens is 514 g/mol. The van der Waals surface area contributed by atoms with Gasteiger partial charge in [-0.2, -0.15) is 0 Å². The van der Waals surface area contributed by atoms with Crippen LogP contribution in [0.25, 0.3) is 0 Å². The van der Waals surface area contributed by atoms with E-state index in [9.17, 15) is 9.59 Å². The Morgan fingerprint density at radius 2 is 1.81 bits per heavy atom. The standard InChI is InChI=1S/C18H27NO2.C13H19BrO/c1-4-5-14-7-9-15(10-8-14)18(20)19-16-11-6-13(2)17(12-16)21-3;1-5-8-12(10(4)15)11(7-3)13(14)9-6-2/h6,11-12,14-15H,4-5,7-10H2,1-3H3,(H,19,20);5,8-9H,6-7H2,1-4H3/b;8-5-,12-11+,13-9-. The lowest BCUT2D eigenvalue weighted by Crippen LogP contribution is -2.27. The summed E-state index contributed by atoms with van der Waals surface area (Å²) in [5.41, 5.74) is 3.80. The number of amides is 1. The van der Waals surface area contributed by atoms with Crippen LogP contribution in [-0.2, 0) is 9.59 Å². The Balaban J connectivity index is 0.000000384. The van der Waals surface area contributed by atoms with Crippen molar-refractivity contribution in [2.75, 3.05) is 12.4 Å². The average Bonchev–Trinajstić information content (AvgIpc) is 2.86. The average molecular weight is 561 g/mol. The number of hydrogen-bond acceptors (Lipinski definition) is 3. The summed E-state index contributed by atoms with van der Waals surface area (Å²) in [6.07, 6.45) is 14.7. The van der Waals surface area contributed by atoms with Crippen LogP contribution in [0.2, 0.25) is 0 Å². The third kappa shape index (κ3) is 10.5. The predicted molar refractivity (Wildman–Crippen MR) is 157 cm³/mol. The molecule has 0 atom stereocenters. The fourth-order valence-electron chi connectivity index (χ4n) is 4.65. The van der Waals surface area contributed by atoms with Gasteiger partial charge in [-0.15, -0.1) is 0 Å². The zero-order valence-electron chi connectivity index (χ0n) is 23.4. The summed E-state index contributed by atoms with van der Waals surface area (Å²) in [4.78, 5) is 23.9. The first-order valence-electron chi connectivity index (χ1n) is 13.4. The number of allylic oxidation sites excluding steroid dienone is 6. The van der Waals surface area contributed by atoms with Crippen molar-refractivity contribution in [1.82, 2.24) is 0 Å². The van der Waals surface area contributed by atoms with Crippen molar-refractivity contribution in [2.45, 2.75) is 92.9 Å². The lowest BCUT2D eigenvalue weighted by atomic mass is 9.80. The number of aryl methyl sites for hydroxylation is 1. The quantitative estimate of drug-likeness (QED) is 0.229. The van der Waals surface area contributed by atoms with E-state index in [0.29, 0.717) is 0 Å². The topological polar surface area (TPSA) is 55.4 Å². The molecule has 2 rings (SSSR count). The van der Waals surface area contributed by atoms with E-state index in [0.717, 1.165) is 64.2 Å². The molecule has 1 N–H and O–H groups in total. The number of rotatable bonds is 10. The van der Waals surface area contributed by atoms with Crippen molar-refractivity contribution in [2.24, 2.45) is 11.8 Å². The molecule has 200 valence electrons. The molecule has 1 aliphatic rings. The first-order valence-corrected chi connectivity index (χ1v) is 14.2. The molecule has 5 heteroatoms. The van der Waals surface area contributed by atoms with Gasteiger partial charge in [-0.05, 0) is 82.4 Å². The van der Waals surface area contributed by atoms with E-state index < -0.39 is 0 Å². The highest BCUT2D eigenvalue weighted by Gasteiger charge is 2.26. The molecule has 1 saturated carbocycles. The number of carbonyl (C=O) groups is 2. The Hall–Kier alpha value is -2.14. The number of ketones is 1. The molecule has 0 radical (unpaired) electrons. The van der Waals surface area contributed by atoms with Gasteiger partial charge in [-0.25, -0.2) is 0 Å². The zero-order chi connectivity index (χ0) is 27.1. The minimum atomic E-state index is 0.117. The number of anilines is 1. The first kappa shape index (κ1) is 31.9. The lowest BCUT2D eigenvalue weighted by molar-refractivity contribution is -0.121. The molecule has 1 aliphatic carbocycles. The Bertz CT molecular complexity index is 937. The van der Waals surface area contributed by atoms with Crippen molar-refractivity contribution in [3.8, 4) is 5.75 Å². The largest absolute Gasteiger partial charge is 0.496 e. The molecule has 1 amide bonds.